The van der Waals surface area contributed by atoms with E-state index < -0.39 is 16.0 Å². The number of carboxylic acids is 1. The predicted octanol–water partition coefficient (Wildman–Crippen LogP) is 4.27. The molecule has 0 spiro atoms. The van der Waals surface area contributed by atoms with Crippen LogP contribution in [0.3, 0.4) is 0 Å². The number of aromatic carboxylic acids is 1. The fourth-order valence-electron chi connectivity index (χ4n) is 6.36. The molecule has 5 atom stereocenters. The second-order valence-electron chi connectivity index (χ2n) is 9.42. The van der Waals surface area contributed by atoms with Gasteiger partial charge < -0.3 is 10.4 Å². The first-order valence-electron chi connectivity index (χ1n) is 11.4. The van der Waals surface area contributed by atoms with E-state index in [-0.39, 0.29) is 28.4 Å². The summed E-state index contributed by atoms with van der Waals surface area (Å²) in [6.45, 7) is 0. The smallest absolute Gasteiger partial charge is 0.335 e. The Bertz CT molecular complexity index is 1380. The number of hydrogen-bond acceptors (Lipinski definition) is 6. The van der Waals surface area contributed by atoms with Crippen molar-refractivity contribution in [2.45, 2.75) is 36.1 Å². The molecule has 174 valence electrons. The van der Waals surface area contributed by atoms with E-state index in [1.54, 1.807) is 36.4 Å². The molecule has 0 saturated heterocycles. The number of benzene rings is 2. The van der Waals surface area contributed by atoms with Crippen LogP contribution in [0, 0.1) is 17.8 Å². The molecular weight excluding hydrogens is 452 g/mol. The molecule has 1 aliphatic heterocycles. The third kappa shape index (κ3) is 3.42. The molecule has 0 radical (unpaired) electrons. The fourth-order valence-corrected chi connectivity index (χ4v) is 7.35. The highest BCUT2D eigenvalue weighted by Gasteiger charge is 2.54. The monoisotopic (exact) mass is 476 g/mol. The quantitative estimate of drug-likeness (QED) is 0.503. The van der Waals surface area contributed by atoms with Gasteiger partial charge in [-0.1, -0.05) is 12.1 Å². The summed E-state index contributed by atoms with van der Waals surface area (Å²) >= 11 is 0. The van der Waals surface area contributed by atoms with Crippen LogP contribution in [0.4, 0.5) is 11.6 Å². The largest absolute Gasteiger partial charge is 0.478 e. The molecule has 6 rings (SSSR count). The van der Waals surface area contributed by atoms with Crippen LogP contribution in [-0.4, -0.2) is 29.5 Å². The minimum Gasteiger partial charge on any atom is -0.478 e. The van der Waals surface area contributed by atoms with Crippen molar-refractivity contribution in [2.24, 2.45) is 17.8 Å². The van der Waals surface area contributed by atoms with Gasteiger partial charge in [-0.2, -0.15) is 0 Å². The van der Waals surface area contributed by atoms with Gasteiger partial charge in [0.1, 0.15) is 0 Å². The molecular formula is C25H24N4O4S. The van der Waals surface area contributed by atoms with Crippen LogP contribution in [0.5, 0.6) is 0 Å². The van der Waals surface area contributed by atoms with Crippen molar-refractivity contribution in [3.8, 4) is 0 Å². The average Bonchev–Trinajstić information content (AvgIpc) is 3.46. The van der Waals surface area contributed by atoms with Gasteiger partial charge in [0.15, 0.2) is 0 Å². The van der Waals surface area contributed by atoms with Gasteiger partial charge in [-0.3, -0.25) is 0 Å². The van der Waals surface area contributed by atoms with E-state index in [0.29, 0.717) is 17.8 Å². The Kier molecular flexibility index (Phi) is 4.84. The van der Waals surface area contributed by atoms with Crippen LogP contribution >= 0.6 is 0 Å². The Morgan fingerprint density at radius 2 is 1.82 bits per heavy atom. The number of carbonyl (C=O) groups is 1. The van der Waals surface area contributed by atoms with Crippen LogP contribution in [0.1, 0.15) is 52.7 Å². The summed E-state index contributed by atoms with van der Waals surface area (Å²) in [6.07, 6.45) is 6.39. The Morgan fingerprint density at radius 3 is 2.62 bits per heavy atom. The first-order chi connectivity index (χ1) is 16.4. The zero-order valence-corrected chi connectivity index (χ0v) is 19.1. The topological polar surface area (TPSA) is 121 Å². The molecule has 2 heterocycles. The van der Waals surface area contributed by atoms with E-state index in [4.69, 9.17) is 0 Å². The molecule has 0 amide bonds. The molecule has 2 bridgehead atoms. The number of carboxylic acid groups (broad SMARTS) is 1. The highest BCUT2D eigenvalue weighted by atomic mass is 32.2. The summed E-state index contributed by atoms with van der Waals surface area (Å²) in [6, 6.07) is 14.0. The summed E-state index contributed by atoms with van der Waals surface area (Å²) in [5.74, 6) is 0.659. The molecule has 0 unspecified atom stereocenters. The van der Waals surface area contributed by atoms with E-state index in [9.17, 15) is 18.3 Å². The number of anilines is 2. The summed E-state index contributed by atoms with van der Waals surface area (Å²) < 4.78 is 28.6. The number of nitrogens with zero attached hydrogens (tertiary/aromatic N) is 2. The van der Waals surface area contributed by atoms with E-state index in [1.807, 2.05) is 12.1 Å². The molecule has 3 aromatic rings. The first-order valence-corrected chi connectivity index (χ1v) is 12.9. The van der Waals surface area contributed by atoms with Crippen LogP contribution in [0.2, 0.25) is 0 Å². The second kappa shape index (κ2) is 7.80. The summed E-state index contributed by atoms with van der Waals surface area (Å²) in [5.41, 5.74) is 3.18. The maximum Gasteiger partial charge on any atom is 0.335 e. The molecule has 8 nitrogen and oxygen atoms in total. The normalized spacial score (nSPS) is 26.9. The predicted molar refractivity (Wildman–Crippen MR) is 126 cm³/mol. The lowest BCUT2D eigenvalue weighted by atomic mass is 9.68. The Morgan fingerprint density at radius 1 is 1.03 bits per heavy atom. The van der Waals surface area contributed by atoms with Gasteiger partial charge in [-0.15, -0.1) is 0 Å². The molecule has 1 aromatic heterocycles. The zero-order valence-electron chi connectivity index (χ0n) is 18.3. The summed E-state index contributed by atoms with van der Waals surface area (Å²) in [5, 5.41) is 13.1. The highest BCUT2D eigenvalue weighted by molar-refractivity contribution is 7.92. The molecule has 9 heteroatoms. The SMILES string of the molecule is O=C(O)c1cccc([C@@H]2Nc3ccc(S(=O)(=O)Nc4ncccn4)cc3[C@H]3[C@H]4CC[C@@H](C4)[C@@H]32)c1. The zero-order chi connectivity index (χ0) is 23.4. The van der Waals surface area contributed by atoms with Crippen molar-refractivity contribution in [1.82, 2.24) is 9.97 Å². The number of aromatic nitrogens is 2. The van der Waals surface area contributed by atoms with E-state index in [2.05, 4.69) is 20.0 Å². The van der Waals surface area contributed by atoms with E-state index in [1.165, 1.54) is 12.4 Å². The molecule has 34 heavy (non-hydrogen) atoms. The number of hydrogen-bond donors (Lipinski definition) is 3. The van der Waals surface area contributed by atoms with Gasteiger partial charge in [0.05, 0.1) is 16.5 Å². The first kappa shape index (κ1) is 21.1. The minimum atomic E-state index is -3.84. The lowest BCUT2D eigenvalue weighted by Crippen LogP contribution is -2.35. The maximum atomic E-state index is 13.1. The average molecular weight is 477 g/mol. The van der Waals surface area contributed by atoms with Gasteiger partial charge in [-0.25, -0.2) is 27.9 Å². The van der Waals surface area contributed by atoms with Crippen molar-refractivity contribution in [3.05, 3.63) is 77.6 Å². The van der Waals surface area contributed by atoms with Gasteiger partial charge in [-0.05, 0) is 90.5 Å². The van der Waals surface area contributed by atoms with Crippen molar-refractivity contribution < 1.29 is 18.3 Å². The molecule has 2 saturated carbocycles. The van der Waals surface area contributed by atoms with Crippen LogP contribution in [0.25, 0.3) is 0 Å². The van der Waals surface area contributed by atoms with Crippen LogP contribution < -0.4 is 10.0 Å². The molecule has 2 aromatic carbocycles. The van der Waals surface area contributed by atoms with Gasteiger partial charge in [0.25, 0.3) is 10.0 Å². The number of sulfonamides is 1. The van der Waals surface area contributed by atoms with Gasteiger partial charge in [0, 0.05) is 18.1 Å². The number of fused-ring (bicyclic) bond motifs is 7. The molecule has 2 aliphatic carbocycles. The Labute approximate surface area is 197 Å². The highest BCUT2D eigenvalue weighted by Crippen LogP contribution is 2.63. The fraction of sp³-hybridized carbons (Fsp3) is 0.320. The van der Waals surface area contributed by atoms with Crippen molar-refractivity contribution in [2.75, 3.05) is 10.0 Å². The van der Waals surface area contributed by atoms with E-state index in [0.717, 1.165) is 36.1 Å². The minimum absolute atomic E-state index is 0.00889. The maximum absolute atomic E-state index is 13.1. The standard InChI is InChI=1S/C25H24N4O4S/c30-24(31)17-4-1-3-16(12-17)23-22-15-6-5-14(11-15)21(22)19-13-18(7-8-20(19)28-23)34(32,33)29-25-26-9-2-10-27-25/h1-4,7-10,12-15,21-23,28H,5-6,11H2,(H,30,31)(H,26,27,29)/t14-,15-,21+,22-,23-/m0/s1. The second-order valence-corrected chi connectivity index (χ2v) is 11.1. The van der Waals surface area contributed by atoms with Crippen LogP contribution in [-0.2, 0) is 10.0 Å². The Balaban J connectivity index is 1.40. The van der Waals surface area contributed by atoms with Crippen molar-refractivity contribution in [3.63, 3.8) is 0 Å². The van der Waals surface area contributed by atoms with Crippen molar-refractivity contribution >= 4 is 27.6 Å². The lowest BCUT2D eigenvalue weighted by molar-refractivity contribution is 0.0696. The molecule has 2 fully saturated rings. The summed E-state index contributed by atoms with van der Waals surface area (Å²) in [4.78, 5) is 19.7. The number of nitrogens with one attached hydrogen (secondary N) is 2. The van der Waals surface area contributed by atoms with Gasteiger partial charge in [0.2, 0.25) is 5.95 Å². The molecule has 3 aliphatic rings. The van der Waals surface area contributed by atoms with E-state index >= 15 is 0 Å². The van der Waals surface area contributed by atoms with Gasteiger partial charge >= 0.3 is 5.97 Å². The Hall–Kier alpha value is -3.46. The third-order valence-electron chi connectivity index (χ3n) is 7.65. The third-order valence-corrected chi connectivity index (χ3v) is 8.98. The molecule has 3 N–H and O–H groups in total. The van der Waals surface area contributed by atoms with Crippen molar-refractivity contribution in [1.29, 1.82) is 0 Å². The summed E-state index contributed by atoms with van der Waals surface area (Å²) in [7, 11) is -3.84. The lowest BCUT2D eigenvalue weighted by Gasteiger charge is -2.43. The number of rotatable bonds is 5. The van der Waals surface area contributed by atoms with Crippen LogP contribution in [0.15, 0.2) is 65.8 Å².